The summed E-state index contributed by atoms with van der Waals surface area (Å²) in [5, 5.41) is 11.6. The van der Waals surface area contributed by atoms with Gasteiger partial charge in [0.15, 0.2) is 11.6 Å². The highest BCUT2D eigenvalue weighted by Crippen LogP contribution is 2.30. The van der Waals surface area contributed by atoms with Crippen molar-refractivity contribution in [3.8, 4) is 0 Å². The lowest BCUT2D eigenvalue weighted by Crippen LogP contribution is -2.18. The molecule has 1 heterocycles. The average Bonchev–Trinajstić information content (AvgIpc) is 3.07. The molecule has 1 aliphatic rings. The number of anilines is 2. The van der Waals surface area contributed by atoms with Gasteiger partial charge in [0.2, 0.25) is 5.78 Å². The van der Waals surface area contributed by atoms with Crippen molar-refractivity contribution in [3.63, 3.8) is 0 Å². The van der Waals surface area contributed by atoms with Crippen LogP contribution < -0.4 is 4.90 Å². The quantitative estimate of drug-likeness (QED) is 0.176. The van der Waals surface area contributed by atoms with Crippen LogP contribution in [0.3, 0.4) is 0 Å². The Bertz CT molecular complexity index is 1580. The minimum Gasteiger partial charge on any atom is -0.380 e. The second-order valence-electron chi connectivity index (χ2n) is 11.2. The fourth-order valence-electron chi connectivity index (χ4n) is 5.69. The summed E-state index contributed by atoms with van der Waals surface area (Å²) in [5.74, 6) is -0.638. The summed E-state index contributed by atoms with van der Waals surface area (Å²) >= 11 is 6.01. The largest absolute Gasteiger partial charge is 0.380 e. The number of carbonyl (C=O) groups excluding carboxylic acids is 3. The van der Waals surface area contributed by atoms with Crippen molar-refractivity contribution >= 4 is 40.3 Å². The number of pyridine rings is 1. The molecule has 0 aliphatic heterocycles. The summed E-state index contributed by atoms with van der Waals surface area (Å²) in [4.78, 5) is 46.9. The monoisotopic (exact) mass is 594 g/mol. The topological polar surface area (TPSA) is 87.6 Å². The second-order valence-corrected chi connectivity index (χ2v) is 11.6. The number of nitrogens with zero attached hydrogens (tertiary/aromatic N) is 2. The molecule has 0 spiro atoms. The highest BCUT2D eigenvalue weighted by atomic mass is 35.5. The number of rotatable bonds is 11. The van der Waals surface area contributed by atoms with Gasteiger partial charge in [0.25, 0.3) is 0 Å². The third-order valence-electron chi connectivity index (χ3n) is 8.30. The molecule has 3 aromatic carbocycles. The molecular formula is C36H35ClN2O4. The van der Waals surface area contributed by atoms with Crippen LogP contribution in [0.2, 0.25) is 5.02 Å². The van der Waals surface area contributed by atoms with E-state index in [0.29, 0.717) is 22.9 Å². The Balaban J connectivity index is 1.40. The van der Waals surface area contributed by atoms with Crippen molar-refractivity contribution in [2.75, 3.05) is 11.9 Å². The maximum atomic E-state index is 13.6. The number of hydrogen-bond acceptors (Lipinski definition) is 6. The lowest BCUT2D eigenvalue weighted by molar-refractivity contribution is 0.0742. The van der Waals surface area contributed by atoms with E-state index in [4.69, 9.17) is 11.6 Å². The van der Waals surface area contributed by atoms with Crippen LogP contribution in [0.15, 0.2) is 91.1 Å². The third-order valence-corrected chi connectivity index (χ3v) is 8.55. The highest BCUT2D eigenvalue weighted by molar-refractivity contribution is 6.30. The third kappa shape index (κ3) is 7.27. The van der Waals surface area contributed by atoms with E-state index < -0.39 is 11.9 Å². The molecule has 1 fully saturated rings. The van der Waals surface area contributed by atoms with Gasteiger partial charge in [-0.1, -0.05) is 80.1 Å². The van der Waals surface area contributed by atoms with E-state index in [0.717, 1.165) is 30.6 Å². The number of aliphatic hydroxyl groups excluding tert-OH is 1. The van der Waals surface area contributed by atoms with Crippen LogP contribution in [-0.4, -0.2) is 34.5 Å². The minimum absolute atomic E-state index is 0.0509. The fraction of sp³-hybridized carbons (Fsp3) is 0.278. The van der Waals surface area contributed by atoms with Crippen molar-refractivity contribution in [1.82, 2.24) is 4.98 Å². The molecule has 1 aromatic heterocycles. The number of halogens is 1. The van der Waals surface area contributed by atoms with Gasteiger partial charge in [-0.05, 0) is 66.4 Å². The first-order chi connectivity index (χ1) is 20.8. The molecular weight excluding hydrogens is 560 g/mol. The van der Waals surface area contributed by atoms with Crippen molar-refractivity contribution in [2.45, 2.75) is 51.0 Å². The maximum absolute atomic E-state index is 13.6. The molecule has 0 bridgehead atoms. The van der Waals surface area contributed by atoms with Crippen molar-refractivity contribution in [3.05, 3.63) is 124 Å². The second kappa shape index (κ2) is 13.9. The molecule has 220 valence electrons. The van der Waals surface area contributed by atoms with Crippen molar-refractivity contribution < 1.29 is 19.5 Å². The van der Waals surface area contributed by atoms with Gasteiger partial charge in [0.1, 0.15) is 11.8 Å². The van der Waals surface area contributed by atoms with E-state index >= 15 is 0 Å². The smallest absolute Gasteiger partial charge is 0.211 e. The summed E-state index contributed by atoms with van der Waals surface area (Å²) in [6, 6.07) is 24.0. The molecule has 7 heteroatoms. The highest BCUT2D eigenvalue weighted by Gasteiger charge is 2.27. The van der Waals surface area contributed by atoms with E-state index in [1.54, 1.807) is 72.9 Å². The summed E-state index contributed by atoms with van der Waals surface area (Å²) in [5.41, 5.74) is 2.82. The zero-order valence-corrected chi connectivity index (χ0v) is 25.0. The number of carbonyl (C=O) groups is 3. The number of aliphatic hydroxyl groups is 1. The first-order valence-corrected chi connectivity index (χ1v) is 15.1. The lowest BCUT2D eigenvalue weighted by atomic mass is 9.84. The molecule has 1 unspecified atom stereocenters. The first kappa shape index (κ1) is 30.3. The van der Waals surface area contributed by atoms with Crippen molar-refractivity contribution in [2.24, 2.45) is 5.92 Å². The van der Waals surface area contributed by atoms with Gasteiger partial charge in [-0.15, -0.1) is 0 Å². The molecule has 4 aromatic rings. The number of Topliss-reactive ketones (excluding diaryl/α,β-unsaturated/α-hetero) is 2. The van der Waals surface area contributed by atoms with Crippen LogP contribution in [-0.2, 0) is 0 Å². The summed E-state index contributed by atoms with van der Waals surface area (Å²) in [6.07, 6.45) is 7.12. The Morgan fingerprint density at radius 3 is 2.26 bits per heavy atom. The molecule has 1 aliphatic carbocycles. The maximum Gasteiger partial charge on any atom is 0.211 e. The molecule has 5 rings (SSSR count). The molecule has 0 radical (unpaired) electrons. The molecule has 0 amide bonds. The Kier molecular flexibility index (Phi) is 9.80. The predicted octanol–water partition coefficient (Wildman–Crippen LogP) is 8.19. The SMILES string of the molecule is CN(c1ccc(Cl)cc1)c1ccc(C(=O)c2ccc(C(=O)CCC3CCCCC3)c(C(=O)C(O)c3ccccc3)c2)nc1. The summed E-state index contributed by atoms with van der Waals surface area (Å²) in [7, 11) is 1.89. The number of aromatic nitrogens is 1. The van der Waals surface area contributed by atoms with Crippen LogP contribution in [0.25, 0.3) is 0 Å². The van der Waals surface area contributed by atoms with Gasteiger partial charge >= 0.3 is 0 Å². The standard InChI is InChI=1S/C36H35ClN2O4/c1-39(28-16-14-27(37)15-17-28)29-18-20-32(38-23-29)34(41)26-13-19-30(33(40)21-12-24-8-4-2-5-9-24)31(22-26)36(43)35(42)25-10-6-3-7-11-25/h3,6-7,10-11,13-20,22-24,35,42H,2,4-5,8-9,12,21H2,1H3. The van der Waals surface area contributed by atoms with Crippen LogP contribution in [0.4, 0.5) is 11.4 Å². The molecule has 0 saturated heterocycles. The van der Waals surface area contributed by atoms with Gasteiger partial charge in [-0.25, -0.2) is 0 Å². The average molecular weight is 595 g/mol. The van der Waals surface area contributed by atoms with E-state index in [9.17, 15) is 19.5 Å². The minimum atomic E-state index is -1.46. The van der Waals surface area contributed by atoms with E-state index in [-0.39, 0.29) is 34.0 Å². The van der Waals surface area contributed by atoms with Crippen LogP contribution in [0, 0.1) is 5.92 Å². The van der Waals surface area contributed by atoms with E-state index in [1.165, 1.54) is 25.3 Å². The van der Waals surface area contributed by atoms with E-state index in [2.05, 4.69) is 4.98 Å². The molecule has 6 nitrogen and oxygen atoms in total. The number of benzene rings is 3. The van der Waals surface area contributed by atoms with Gasteiger partial charge < -0.3 is 10.0 Å². The van der Waals surface area contributed by atoms with E-state index in [1.807, 2.05) is 24.1 Å². The molecule has 43 heavy (non-hydrogen) atoms. The molecule has 1 saturated carbocycles. The Labute approximate surface area is 257 Å². The Hall–Kier alpha value is -4.13. The van der Waals surface area contributed by atoms with Gasteiger partial charge in [-0.3, -0.25) is 19.4 Å². The number of hydrogen-bond donors (Lipinski definition) is 1. The Morgan fingerprint density at radius 2 is 1.58 bits per heavy atom. The zero-order chi connectivity index (χ0) is 30.3. The molecule has 1 atom stereocenters. The summed E-state index contributed by atoms with van der Waals surface area (Å²) < 4.78 is 0. The van der Waals surface area contributed by atoms with Gasteiger partial charge in [-0.2, -0.15) is 0 Å². The van der Waals surface area contributed by atoms with Crippen LogP contribution >= 0.6 is 11.6 Å². The van der Waals surface area contributed by atoms with Crippen molar-refractivity contribution in [1.29, 1.82) is 0 Å². The molecule has 1 N–H and O–H groups in total. The number of ketones is 3. The van der Waals surface area contributed by atoms with Crippen LogP contribution in [0.1, 0.15) is 93.4 Å². The zero-order valence-electron chi connectivity index (χ0n) is 24.2. The fourth-order valence-corrected chi connectivity index (χ4v) is 5.82. The summed E-state index contributed by atoms with van der Waals surface area (Å²) in [6.45, 7) is 0. The van der Waals surface area contributed by atoms with Gasteiger partial charge in [0.05, 0.1) is 11.9 Å². The van der Waals surface area contributed by atoms with Gasteiger partial charge in [0, 0.05) is 40.9 Å². The first-order valence-electron chi connectivity index (χ1n) is 14.8. The van der Waals surface area contributed by atoms with Crippen LogP contribution in [0.5, 0.6) is 0 Å². The lowest BCUT2D eigenvalue weighted by Gasteiger charge is -2.21. The normalized spacial score (nSPS) is 14.2. The predicted molar refractivity (Wildman–Crippen MR) is 169 cm³/mol. The Morgan fingerprint density at radius 1 is 0.884 bits per heavy atom.